The standard InChI is InChI=1S/C12H21N3S/c1-5-11(8-16-4)15-10(3)12-9(2)13-6-7-14-12/h6-7,10-11,15H,5,8H2,1-4H3. The third-order valence-corrected chi connectivity index (χ3v) is 3.41. The minimum absolute atomic E-state index is 0.269. The van der Waals surface area contributed by atoms with E-state index in [1.807, 2.05) is 18.7 Å². The molecule has 1 rings (SSSR count). The van der Waals surface area contributed by atoms with E-state index < -0.39 is 0 Å². The lowest BCUT2D eigenvalue weighted by molar-refractivity contribution is 0.465. The van der Waals surface area contributed by atoms with Gasteiger partial charge < -0.3 is 5.32 Å². The van der Waals surface area contributed by atoms with Crippen molar-refractivity contribution in [1.29, 1.82) is 0 Å². The van der Waals surface area contributed by atoms with Crippen molar-refractivity contribution in [3.63, 3.8) is 0 Å². The lowest BCUT2D eigenvalue weighted by Gasteiger charge is -2.21. The van der Waals surface area contributed by atoms with Crippen molar-refractivity contribution in [2.75, 3.05) is 12.0 Å². The second kappa shape index (κ2) is 6.86. The summed E-state index contributed by atoms with van der Waals surface area (Å²) in [4.78, 5) is 8.67. The van der Waals surface area contributed by atoms with Crippen LogP contribution in [-0.4, -0.2) is 28.0 Å². The molecule has 0 aliphatic heterocycles. The van der Waals surface area contributed by atoms with Crippen molar-refractivity contribution in [3.8, 4) is 0 Å². The molecule has 1 aromatic rings. The molecule has 0 saturated carbocycles. The SMILES string of the molecule is CCC(CSC)NC(C)c1nccnc1C. The first-order valence-electron chi connectivity index (χ1n) is 5.71. The molecule has 0 spiro atoms. The number of nitrogens with one attached hydrogen (secondary N) is 1. The summed E-state index contributed by atoms with van der Waals surface area (Å²) in [6, 6.07) is 0.817. The normalized spacial score (nSPS) is 14.8. The quantitative estimate of drug-likeness (QED) is 0.828. The molecule has 0 aliphatic carbocycles. The Balaban J connectivity index is 2.64. The van der Waals surface area contributed by atoms with Gasteiger partial charge in [0.1, 0.15) is 0 Å². The number of aryl methyl sites for hydroxylation is 1. The predicted molar refractivity (Wildman–Crippen MR) is 70.8 cm³/mol. The van der Waals surface area contributed by atoms with Crippen LogP contribution < -0.4 is 5.32 Å². The van der Waals surface area contributed by atoms with Crippen molar-refractivity contribution in [1.82, 2.24) is 15.3 Å². The minimum Gasteiger partial charge on any atom is -0.305 e. The Morgan fingerprint density at radius 1 is 1.38 bits per heavy atom. The molecule has 0 aromatic carbocycles. The van der Waals surface area contributed by atoms with Gasteiger partial charge in [0.05, 0.1) is 11.4 Å². The maximum Gasteiger partial charge on any atom is 0.0782 e. The third-order valence-electron chi connectivity index (χ3n) is 2.68. The van der Waals surface area contributed by atoms with Crippen molar-refractivity contribution in [3.05, 3.63) is 23.8 Å². The molecule has 16 heavy (non-hydrogen) atoms. The Kier molecular flexibility index (Phi) is 5.77. The van der Waals surface area contributed by atoms with Crippen LogP contribution in [0.25, 0.3) is 0 Å². The Morgan fingerprint density at radius 2 is 2.06 bits per heavy atom. The summed E-state index contributed by atoms with van der Waals surface area (Å²) in [6.07, 6.45) is 6.79. The summed E-state index contributed by atoms with van der Waals surface area (Å²) in [6.45, 7) is 6.38. The molecule has 1 heterocycles. The van der Waals surface area contributed by atoms with E-state index >= 15 is 0 Å². The minimum atomic E-state index is 0.269. The van der Waals surface area contributed by atoms with Crippen LogP contribution in [0.1, 0.15) is 37.7 Å². The van der Waals surface area contributed by atoms with Crippen molar-refractivity contribution < 1.29 is 0 Å². The molecule has 2 unspecified atom stereocenters. The summed E-state index contributed by atoms with van der Waals surface area (Å²) in [5.41, 5.74) is 2.07. The maximum absolute atomic E-state index is 4.39. The molecule has 3 nitrogen and oxygen atoms in total. The van der Waals surface area contributed by atoms with Crippen molar-refractivity contribution in [2.24, 2.45) is 0 Å². The second-order valence-corrected chi connectivity index (χ2v) is 4.89. The Hall–Kier alpha value is -0.610. The number of hydrogen-bond donors (Lipinski definition) is 1. The van der Waals surface area contributed by atoms with Crippen LogP contribution in [0.3, 0.4) is 0 Å². The van der Waals surface area contributed by atoms with Gasteiger partial charge in [-0.3, -0.25) is 9.97 Å². The van der Waals surface area contributed by atoms with Crippen LogP contribution in [0.4, 0.5) is 0 Å². The average Bonchev–Trinajstić information content (AvgIpc) is 2.28. The maximum atomic E-state index is 4.39. The van der Waals surface area contributed by atoms with Gasteiger partial charge in [0.25, 0.3) is 0 Å². The Morgan fingerprint density at radius 3 is 2.62 bits per heavy atom. The van der Waals surface area contributed by atoms with E-state index in [9.17, 15) is 0 Å². The molecule has 4 heteroatoms. The van der Waals surface area contributed by atoms with Crippen LogP contribution in [0.5, 0.6) is 0 Å². The molecule has 0 saturated heterocycles. The van der Waals surface area contributed by atoms with E-state index in [4.69, 9.17) is 0 Å². The van der Waals surface area contributed by atoms with E-state index in [2.05, 4.69) is 35.4 Å². The number of aromatic nitrogens is 2. The molecular formula is C12H21N3S. The zero-order valence-electron chi connectivity index (χ0n) is 10.5. The number of nitrogens with zero attached hydrogens (tertiary/aromatic N) is 2. The largest absolute Gasteiger partial charge is 0.305 e. The molecule has 2 atom stereocenters. The summed E-state index contributed by atoms with van der Waals surface area (Å²) in [5, 5.41) is 3.60. The fourth-order valence-corrected chi connectivity index (χ4v) is 2.50. The number of hydrogen-bond acceptors (Lipinski definition) is 4. The number of rotatable bonds is 6. The summed E-state index contributed by atoms with van der Waals surface area (Å²) in [7, 11) is 0. The van der Waals surface area contributed by atoms with Crippen LogP contribution >= 0.6 is 11.8 Å². The van der Waals surface area contributed by atoms with Crippen LogP contribution in [0.15, 0.2) is 12.4 Å². The molecule has 0 radical (unpaired) electrons. The lowest BCUT2D eigenvalue weighted by atomic mass is 10.1. The van der Waals surface area contributed by atoms with Gasteiger partial charge in [0.2, 0.25) is 0 Å². The molecule has 0 aliphatic rings. The van der Waals surface area contributed by atoms with E-state index in [0.717, 1.165) is 23.6 Å². The molecule has 90 valence electrons. The fourth-order valence-electron chi connectivity index (χ4n) is 1.76. The van der Waals surface area contributed by atoms with Gasteiger partial charge in [0, 0.05) is 30.2 Å². The fraction of sp³-hybridized carbons (Fsp3) is 0.667. The first-order chi connectivity index (χ1) is 7.69. The van der Waals surface area contributed by atoms with E-state index in [1.54, 1.807) is 12.4 Å². The van der Waals surface area contributed by atoms with Gasteiger partial charge in [-0.2, -0.15) is 11.8 Å². The summed E-state index contributed by atoms with van der Waals surface area (Å²) < 4.78 is 0. The van der Waals surface area contributed by atoms with Gasteiger partial charge in [-0.05, 0) is 26.5 Å². The Labute approximate surface area is 102 Å². The van der Waals surface area contributed by atoms with Gasteiger partial charge in [-0.1, -0.05) is 6.92 Å². The van der Waals surface area contributed by atoms with Crippen LogP contribution in [0.2, 0.25) is 0 Å². The molecule has 1 aromatic heterocycles. The molecular weight excluding hydrogens is 218 g/mol. The summed E-state index contributed by atoms with van der Waals surface area (Å²) in [5.74, 6) is 1.14. The highest BCUT2D eigenvalue weighted by Gasteiger charge is 2.14. The highest BCUT2D eigenvalue weighted by Crippen LogP contribution is 2.14. The van der Waals surface area contributed by atoms with Gasteiger partial charge in [-0.15, -0.1) is 0 Å². The zero-order chi connectivity index (χ0) is 12.0. The summed E-state index contributed by atoms with van der Waals surface area (Å²) >= 11 is 1.88. The smallest absolute Gasteiger partial charge is 0.0782 e. The van der Waals surface area contributed by atoms with E-state index in [-0.39, 0.29) is 6.04 Å². The Bertz CT molecular complexity index is 317. The monoisotopic (exact) mass is 239 g/mol. The first-order valence-corrected chi connectivity index (χ1v) is 7.10. The third kappa shape index (κ3) is 3.76. The van der Waals surface area contributed by atoms with E-state index in [1.165, 1.54) is 0 Å². The predicted octanol–water partition coefficient (Wildman–Crippen LogP) is 2.58. The van der Waals surface area contributed by atoms with E-state index in [0.29, 0.717) is 6.04 Å². The topological polar surface area (TPSA) is 37.8 Å². The van der Waals surface area contributed by atoms with Gasteiger partial charge in [-0.25, -0.2) is 0 Å². The lowest BCUT2D eigenvalue weighted by Crippen LogP contribution is -2.33. The highest BCUT2D eigenvalue weighted by atomic mass is 32.2. The molecule has 0 amide bonds. The highest BCUT2D eigenvalue weighted by molar-refractivity contribution is 7.98. The zero-order valence-corrected chi connectivity index (χ0v) is 11.3. The van der Waals surface area contributed by atoms with Gasteiger partial charge in [0.15, 0.2) is 0 Å². The molecule has 0 bridgehead atoms. The van der Waals surface area contributed by atoms with Crippen LogP contribution in [-0.2, 0) is 0 Å². The van der Waals surface area contributed by atoms with Gasteiger partial charge >= 0.3 is 0 Å². The first kappa shape index (κ1) is 13.5. The molecule has 1 N–H and O–H groups in total. The van der Waals surface area contributed by atoms with Crippen molar-refractivity contribution >= 4 is 11.8 Å². The second-order valence-electron chi connectivity index (χ2n) is 3.98. The van der Waals surface area contributed by atoms with Crippen LogP contribution in [0, 0.1) is 6.92 Å². The average molecular weight is 239 g/mol. The molecule has 0 fully saturated rings. The number of thioether (sulfide) groups is 1. The van der Waals surface area contributed by atoms with Crippen molar-refractivity contribution in [2.45, 2.75) is 39.3 Å².